The van der Waals surface area contributed by atoms with Gasteiger partial charge in [0.25, 0.3) is 0 Å². The van der Waals surface area contributed by atoms with Gasteiger partial charge in [-0.15, -0.1) is 0 Å². The number of benzene rings is 3. The first kappa shape index (κ1) is 26.7. The third kappa shape index (κ3) is 3.32. The Labute approximate surface area is 269 Å². The molecule has 4 aliphatic heterocycles. The van der Waals surface area contributed by atoms with Gasteiger partial charge in [-0.3, -0.25) is 4.79 Å². The molecule has 3 N–H and O–H groups in total. The lowest BCUT2D eigenvalue weighted by molar-refractivity contribution is -0.125. The number of oxazole rings is 2. The molecule has 4 atom stereocenters. The van der Waals surface area contributed by atoms with Crippen LogP contribution in [0.4, 0.5) is 5.69 Å². The van der Waals surface area contributed by atoms with Gasteiger partial charge in [0, 0.05) is 45.4 Å². The van der Waals surface area contributed by atoms with Crippen LogP contribution in [-0.4, -0.2) is 34.2 Å². The van der Waals surface area contributed by atoms with E-state index in [1.54, 1.807) is 13.3 Å². The van der Waals surface area contributed by atoms with Crippen LogP contribution < -0.4 is 20.1 Å². The van der Waals surface area contributed by atoms with E-state index in [0.717, 1.165) is 61.5 Å². The number of rotatable bonds is 2. The SMILES string of the molecule is COc1ccc2c3c(c[nH]c13)-c1cnc(o1)-c1nc3oc1C14c5cc(ccc5O[C@@H]1Nc1c-2cccc14)CC(C)C(=O)N[C@H]3C(C)C. The molecule has 3 aromatic carbocycles. The number of nitrogens with zero attached hydrogens (tertiary/aromatic N) is 2. The third-order valence-corrected chi connectivity index (χ3v) is 10.4. The van der Waals surface area contributed by atoms with Crippen LogP contribution in [0.5, 0.6) is 11.5 Å². The zero-order valence-corrected chi connectivity index (χ0v) is 26.2. The Morgan fingerprint density at radius 1 is 1.02 bits per heavy atom. The van der Waals surface area contributed by atoms with Crippen molar-refractivity contribution in [1.82, 2.24) is 20.3 Å². The van der Waals surface area contributed by atoms with E-state index in [2.05, 4.69) is 59.8 Å². The molecular formula is C37H31N5O5. The summed E-state index contributed by atoms with van der Waals surface area (Å²) in [5, 5.41) is 8.00. The van der Waals surface area contributed by atoms with Gasteiger partial charge < -0.3 is 33.9 Å². The second-order valence-electron chi connectivity index (χ2n) is 13.4. The van der Waals surface area contributed by atoms with Crippen LogP contribution >= 0.6 is 0 Å². The molecule has 10 nitrogen and oxygen atoms in total. The van der Waals surface area contributed by atoms with Crippen molar-refractivity contribution in [2.75, 3.05) is 12.4 Å². The van der Waals surface area contributed by atoms with E-state index in [1.165, 1.54) is 0 Å². The van der Waals surface area contributed by atoms with Crippen molar-refractivity contribution in [3.8, 4) is 45.5 Å². The molecule has 4 aliphatic rings. The smallest absolute Gasteiger partial charge is 0.249 e. The number of methoxy groups -OCH3 is 1. The standard InChI is InChI=1S/C37H31N5O5/c1-16(2)28-35-41-31-32(47-35)37-22-7-5-6-20(19-9-11-25(44-4)30-27(19)21(14-38-30)26-15-39-34(31)45-26)29(22)42-36(37)46-24-10-8-18(13-23(24)37)12-17(3)33(43)40-28/h5-11,13-17,28,36,38,42H,12H2,1-4H3,(H,40,43)/t17?,28-,36-,37?/m0/s1. The summed E-state index contributed by atoms with van der Waals surface area (Å²) >= 11 is 0. The Kier molecular flexibility index (Phi) is 5.14. The van der Waals surface area contributed by atoms with Crippen LogP contribution in [0.15, 0.2) is 69.8 Å². The largest absolute Gasteiger partial charge is 0.495 e. The van der Waals surface area contributed by atoms with E-state index in [-0.39, 0.29) is 17.7 Å². The monoisotopic (exact) mass is 625 g/mol. The number of aromatic amines is 1. The third-order valence-electron chi connectivity index (χ3n) is 10.4. The van der Waals surface area contributed by atoms with Crippen LogP contribution in [0.3, 0.4) is 0 Å². The number of anilines is 1. The topological polar surface area (TPSA) is 127 Å². The summed E-state index contributed by atoms with van der Waals surface area (Å²) in [6.45, 7) is 6.07. The summed E-state index contributed by atoms with van der Waals surface area (Å²) < 4.78 is 26.2. The lowest BCUT2D eigenvalue weighted by Crippen LogP contribution is -2.40. The molecule has 7 heterocycles. The van der Waals surface area contributed by atoms with Crippen LogP contribution in [0.2, 0.25) is 0 Å². The number of carbonyl (C=O) groups excluding carboxylic acids is 1. The Balaban J connectivity index is 1.38. The Morgan fingerprint density at radius 3 is 2.77 bits per heavy atom. The average Bonchev–Trinajstić information content (AvgIpc) is 3.88. The highest BCUT2D eigenvalue weighted by Gasteiger charge is 2.61. The molecule has 3 aromatic heterocycles. The van der Waals surface area contributed by atoms with Gasteiger partial charge >= 0.3 is 0 Å². The van der Waals surface area contributed by atoms with Crippen LogP contribution in [0.25, 0.3) is 44.9 Å². The van der Waals surface area contributed by atoms with Crippen molar-refractivity contribution in [2.45, 2.75) is 44.9 Å². The molecule has 234 valence electrons. The highest BCUT2D eigenvalue weighted by molar-refractivity contribution is 6.09. The van der Waals surface area contributed by atoms with Gasteiger partial charge in [-0.25, -0.2) is 9.97 Å². The molecule has 10 rings (SSSR count). The number of aromatic nitrogens is 3. The molecule has 2 unspecified atom stereocenters. The van der Waals surface area contributed by atoms with Crippen molar-refractivity contribution >= 4 is 22.5 Å². The molecule has 10 heteroatoms. The van der Waals surface area contributed by atoms with Crippen molar-refractivity contribution in [3.63, 3.8) is 0 Å². The minimum Gasteiger partial charge on any atom is -0.495 e. The van der Waals surface area contributed by atoms with Gasteiger partial charge in [0.15, 0.2) is 23.4 Å². The predicted octanol–water partition coefficient (Wildman–Crippen LogP) is 6.95. The fourth-order valence-electron chi connectivity index (χ4n) is 8.11. The van der Waals surface area contributed by atoms with Crippen LogP contribution in [0, 0.1) is 11.8 Å². The normalized spacial score (nSPS) is 23.0. The number of hydrogen-bond donors (Lipinski definition) is 3. The van der Waals surface area contributed by atoms with Crippen LogP contribution in [0.1, 0.15) is 55.2 Å². The van der Waals surface area contributed by atoms with E-state index >= 15 is 0 Å². The Hall–Kier alpha value is -5.51. The molecule has 0 fully saturated rings. The maximum absolute atomic E-state index is 13.5. The minimum atomic E-state index is -0.939. The second-order valence-corrected chi connectivity index (χ2v) is 13.4. The van der Waals surface area contributed by atoms with Crippen molar-refractivity contribution in [3.05, 3.63) is 89.3 Å². The number of fused-ring (bicyclic) bond motifs is 7. The molecule has 0 saturated carbocycles. The van der Waals surface area contributed by atoms with E-state index in [0.29, 0.717) is 35.4 Å². The highest BCUT2D eigenvalue weighted by atomic mass is 16.5. The number of amides is 1. The van der Waals surface area contributed by atoms with Gasteiger partial charge in [0.2, 0.25) is 17.7 Å². The van der Waals surface area contributed by atoms with E-state index in [1.807, 2.05) is 31.3 Å². The number of nitrogens with one attached hydrogen (secondary N) is 3. The number of ether oxygens (including phenoxy) is 2. The van der Waals surface area contributed by atoms with Crippen molar-refractivity contribution in [1.29, 1.82) is 0 Å². The molecule has 0 radical (unpaired) electrons. The van der Waals surface area contributed by atoms with Gasteiger partial charge in [-0.1, -0.05) is 51.1 Å². The van der Waals surface area contributed by atoms with Crippen LogP contribution in [-0.2, 0) is 16.6 Å². The first-order chi connectivity index (χ1) is 22.9. The summed E-state index contributed by atoms with van der Waals surface area (Å²) in [5.41, 5.74) is 7.21. The van der Waals surface area contributed by atoms with Crippen molar-refractivity contribution < 1.29 is 23.1 Å². The summed E-state index contributed by atoms with van der Waals surface area (Å²) in [7, 11) is 1.67. The van der Waals surface area contributed by atoms with Gasteiger partial charge in [0.05, 0.1) is 18.8 Å². The zero-order chi connectivity index (χ0) is 31.8. The molecule has 6 aromatic rings. The maximum atomic E-state index is 13.5. The summed E-state index contributed by atoms with van der Waals surface area (Å²) in [6, 6.07) is 16.2. The first-order valence-corrected chi connectivity index (χ1v) is 16.0. The predicted molar refractivity (Wildman–Crippen MR) is 174 cm³/mol. The number of H-pyrrole nitrogens is 1. The molecule has 0 aliphatic carbocycles. The van der Waals surface area contributed by atoms with E-state index < -0.39 is 17.7 Å². The first-order valence-electron chi connectivity index (χ1n) is 16.0. The summed E-state index contributed by atoms with van der Waals surface area (Å²) in [6.07, 6.45) is 3.69. The fraction of sp³-hybridized carbons (Fsp3) is 0.270. The van der Waals surface area contributed by atoms with Gasteiger partial charge in [-0.2, -0.15) is 0 Å². The molecule has 10 bridgehead atoms. The number of para-hydroxylation sites is 1. The molecule has 47 heavy (non-hydrogen) atoms. The molecule has 1 spiro atoms. The van der Waals surface area contributed by atoms with Gasteiger partial charge in [0.1, 0.15) is 23.0 Å². The Bertz CT molecular complexity index is 2310. The van der Waals surface area contributed by atoms with E-state index in [4.69, 9.17) is 28.3 Å². The minimum absolute atomic E-state index is 0.00429. The maximum Gasteiger partial charge on any atom is 0.249 e. The highest BCUT2D eigenvalue weighted by Crippen LogP contribution is 2.61. The quantitative estimate of drug-likeness (QED) is 0.189. The molecule has 0 saturated heterocycles. The Morgan fingerprint density at radius 2 is 1.91 bits per heavy atom. The number of carbonyl (C=O) groups is 1. The number of hydrogen-bond acceptors (Lipinski definition) is 8. The van der Waals surface area contributed by atoms with Crippen molar-refractivity contribution in [2.24, 2.45) is 11.8 Å². The second kappa shape index (κ2) is 9.06. The molecular weight excluding hydrogens is 594 g/mol. The zero-order valence-electron chi connectivity index (χ0n) is 26.2. The fourth-order valence-corrected chi connectivity index (χ4v) is 8.11. The summed E-state index contributed by atoms with van der Waals surface area (Å²) in [4.78, 5) is 26.9. The average molecular weight is 626 g/mol. The van der Waals surface area contributed by atoms with Gasteiger partial charge in [-0.05, 0) is 41.7 Å². The van der Waals surface area contributed by atoms with E-state index in [9.17, 15) is 4.79 Å². The summed E-state index contributed by atoms with van der Waals surface area (Å²) in [5.74, 6) is 3.02. The molecule has 1 amide bonds. The lowest BCUT2D eigenvalue weighted by atomic mass is 9.72. The lowest BCUT2D eigenvalue weighted by Gasteiger charge is -2.28.